The molecule has 14 heteroatoms. The molecular weight excluding hydrogens is 509 g/mol. The van der Waals surface area contributed by atoms with Crippen molar-refractivity contribution in [1.29, 1.82) is 5.26 Å². The molecule has 1 aliphatic rings. The normalized spacial score (nSPS) is 27.9. The minimum absolute atomic E-state index is 0.0180. The first-order valence-electron chi connectivity index (χ1n) is 9.21. The summed E-state index contributed by atoms with van der Waals surface area (Å²) in [6.07, 6.45) is 1.35. The Hall–Kier alpha value is -2.41. The van der Waals surface area contributed by atoms with Gasteiger partial charge in [0.15, 0.2) is 11.6 Å². The fourth-order valence-electron chi connectivity index (χ4n) is 3.94. The maximum Gasteiger partial charge on any atom is 0.195 e. The molecule has 0 aliphatic carbocycles. The summed E-state index contributed by atoms with van der Waals surface area (Å²) in [4.78, 5) is 4.16. The van der Waals surface area contributed by atoms with Gasteiger partial charge in [-0.15, -0.1) is 17.7 Å². The first-order chi connectivity index (χ1) is 15.4. The number of rotatable bonds is 5. The smallest absolute Gasteiger partial charge is 0.195 e. The predicted octanol–water partition coefficient (Wildman–Crippen LogP) is 0.399. The van der Waals surface area contributed by atoms with Crippen molar-refractivity contribution in [1.82, 2.24) is 29.8 Å². The van der Waals surface area contributed by atoms with E-state index in [9.17, 15) is 19.9 Å². The number of halogens is 2. The molecule has 0 radical (unpaired) electrons. The van der Waals surface area contributed by atoms with Crippen LogP contribution in [0.25, 0.3) is 5.82 Å². The van der Waals surface area contributed by atoms with Crippen molar-refractivity contribution in [2.75, 3.05) is 13.7 Å². The molecule has 0 spiro atoms. The van der Waals surface area contributed by atoms with Gasteiger partial charge in [-0.25, -0.2) is 18.7 Å². The third kappa shape index (κ3) is 3.51. The minimum atomic E-state index is -1.66. The first kappa shape index (κ1) is 22.8. The van der Waals surface area contributed by atoms with E-state index in [1.165, 1.54) is 24.2 Å². The SMILES string of the molecule is CO[C@@H]1[C@H](S)O[C@@H](CO)[C@@H](O)[C@@]1(c1cc(Br)cnc1C#N)n1cc(-n2cc(F)cn2)nn1. The van der Waals surface area contributed by atoms with Crippen molar-refractivity contribution < 1.29 is 24.1 Å². The fraction of sp³-hybridized carbons (Fsp3) is 0.389. The Morgan fingerprint density at radius 2 is 2.22 bits per heavy atom. The number of aliphatic hydroxyl groups is 2. The van der Waals surface area contributed by atoms with Gasteiger partial charge in [-0.3, -0.25) is 0 Å². The lowest BCUT2D eigenvalue weighted by Gasteiger charge is -2.51. The molecule has 11 nitrogen and oxygen atoms in total. The van der Waals surface area contributed by atoms with Crippen molar-refractivity contribution in [3.8, 4) is 11.9 Å². The summed E-state index contributed by atoms with van der Waals surface area (Å²) in [6, 6.07) is 3.61. The molecule has 5 atom stereocenters. The highest BCUT2D eigenvalue weighted by Gasteiger charge is 2.60. The second-order valence-electron chi connectivity index (χ2n) is 6.96. The topological polar surface area (TPSA) is 144 Å². The molecule has 2 N–H and O–H groups in total. The molecule has 0 saturated carbocycles. The van der Waals surface area contributed by atoms with Gasteiger partial charge in [-0.2, -0.15) is 10.4 Å². The van der Waals surface area contributed by atoms with Crippen LogP contribution in [0, 0.1) is 17.1 Å². The number of hydrogen-bond acceptors (Lipinski definition) is 10. The van der Waals surface area contributed by atoms with Gasteiger partial charge in [-0.1, -0.05) is 5.21 Å². The lowest BCUT2D eigenvalue weighted by atomic mass is 9.75. The van der Waals surface area contributed by atoms with E-state index in [1.54, 1.807) is 6.07 Å². The summed E-state index contributed by atoms with van der Waals surface area (Å²) in [5.74, 6) is -0.437. The van der Waals surface area contributed by atoms with Crippen molar-refractivity contribution in [2.24, 2.45) is 0 Å². The molecule has 1 fully saturated rings. The zero-order valence-corrected chi connectivity index (χ0v) is 18.9. The number of pyridine rings is 1. The molecule has 0 unspecified atom stereocenters. The summed E-state index contributed by atoms with van der Waals surface area (Å²) >= 11 is 7.81. The van der Waals surface area contributed by atoms with Crippen LogP contribution < -0.4 is 0 Å². The van der Waals surface area contributed by atoms with E-state index in [0.29, 0.717) is 4.47 Å². The van der Waals surface area contributed by atoms with Crippen LogP contribution in [0.3, 0.4) is 0 Å². The molecule has 0 amide bonds. The number of thiol groups is 1. The quantitative estimate of drug-likeness (QED) is 0.403. The Morgan fingerprint density at radius 1 is 1.44 bits per heavy atom. The standard InChI is InChI=1S/C18H17BrFN7O4S/c1-30-16-17(32)31-13(8-28)15(29)18(16,11-2-9(19)4-22-12(11)3-21)27-7-14(24-25-27)26-6-10(20)5-23-26/h2,4-7,13,15-17,28-29,32H,8H2,1H3/t13-,15+,16+,17-,18+/m0/s1. The molecule has 168 valence electrons. The number of nitrogens with zero attached hydrogens (tertiary/aromatic N) is 7. The van der Waals surface area contributed by atoms with Crippen molar-refractivity contribution in [2.45, 2.75) is 29.3 Å². The van der Waals surface area contributed by atoms with E-state index in [1.807, 2.05) is 6.07 Å². The number of aromatic nitrogens is 6. The average molecular weight is 526 g/mol. The summed E-state index contributed by atoms with van der Waals surface area (Å²) < 4.78 is 27.8. The summed E-state index contributed by atoms with van der Waals surface area (Å²) in [5.41, 5.74) is -2.39. The first-order valence-corrected chi connectivity index (χ1v) is 10.5. The Balaban J connectivity index is 2.03. The van der Waals surface area contributed by atoms with Crippen molar-refractivity contribution in [3.05, 3.63) is 52.4 Å². The molecule has 0 bridgehead atoms. The van der Waals surface area contributed by atoms with Gasteiger partial charge in [0.1, 0.15) is 41.0 Å². The molecule has 1 saturated heterocycles. The van der Waals surface area contributed by atoms with E-state index in [2.05, 4.69) is 49.0 Å². The lowest BCUT2D eigenvalue weighted by molar-refractivity contribution is -0.213. The van der Waals surface area contributed by atoms with Gasteiger partial charge in [0.2, 0.25) is 0 Å². The Bertz CT molecular complexity index is 1170. The van der Waals surface area contributed by atoms with Crippen LogP contribution in [0.5, 0.6) is 0 Å². The maximum absolute atomic E-state index is 13.5. The Kier molecular flexibility index (Phi) is 6.30. The lowest BCUT2D eigenvalue weighted by Crippen LogP contribution is -2.68. The number of aliphatic hydroxyl groups excluding tert-OH is 2. The molecule has 4 heterocycles. The maximum atomic E-state index is 13.5. The summed E-state index contributed by atoms with van der Waals surface area (Å²) in [7, 11) is 1.39. The number of methoxy groups -OCH3 is 1. The average Bonchev–Trinajstić information content (AvgIpc) is 3.44. The highest BCUT2D eigenvalue weighted by molar-refractivity contribution is 9.10. The van der Waals surface area contributed by atoms with Gasteiger partial charge in [0, 0.05) is 23.3 Å². The molecule has 3 aromatic heterocycles. The van der Waals surface area contributed by atoms with Crippen LogP contribution >= 0.6 is 28.6 Å². The zero-order valence-electron chi connectivity index (χ0n) is 16.4. The van der Waals surface area contributed by atoms with E-state index in [4.69, 9.17) is 9.47 Å². The number of hydrogen-bond donors (Lipinski definition) is 3. The van der Waals surface area contributed by atoms with E-state index in [-0.39, 0.29) is 17.1 Å². The van der Waals surface area contributed by atoms with Crippen LogP contribution in [-0.4, -0.2) is 77.4 Å². The molecular formula is C18H17BrFN7O4S. The Labute approximate surface area is 194 Å². The van der Waals surface area contributed by atoms with Crippen LogP contribution in [0.15, 0.2) is 35.3 Å². The molecule has 3 aromatic rings. The van der Waals surface area contributed by atoms with Crippen molar-refractivity contribution in [3.63, 3.8) is 0 Å². The molecule has 0 aromatic carbocycles. The van der Waals surface area contributed by atoms with Crippen LogP contribution in [0.2, 0.25) is 0 Å². The van der Waals surface area contributed by atoms with Gasteiger partial charge >= 0.3 is 0 Å². The second kappa shape index (κ2) is 8.85. The summed E-state index contributed by atoms with van der Waals surface area (Å²) in [6.45, 7) is -0.550. The zero-order chi connectivity index (χ0) is 23.0. The third-order valence-electron chi connectivity index (χ3n) is 5.28. The second-order valence-corrected chi connectivity index (χ2v) is 8.38. The van der Waals surface area contributed by atoms with E-state index >= 15 is 0 Å². The van der Waals surface area contributed by atoms with Crippen LogP contribution in [-0.2, 0) is 15.0 Å². The molecule has 4 rings (SSSR count). The molecule has 32 heavy (non-hydrogen) atoms. The largest absolute Gasteiger partial charge is 0.394 e. The fourth-order valence-corrected chi connectivity index (χ4v) is 4.77. The predicted molar refractivity (Wildman–Crippen MR) is 112 cm³/mol. The minimum Gasteiger partial charge on any atom is -0.394 e. The van der Waals surface area contributed by atoms with Gasteiger partial charge in [-0.05, 0) is 22.0 Å². The third-order valence-corrected chi connectivity index (χ3v) is 6.11. The monoisotopic (exact) mass is 525 g/mol. The van der Waals surface area contributed by atoms with Gasteiger partial charge in [0.25, 0.3) is 0 Å². The molecule has 1 aliphatic heterocycles. The van der Waals surface area contributed by atoms with E-state index in [0.717, 1.165) is 17.1 Å². The summed E-state index contributed by atoms with van der Waals surface area (Å²) in [5, 5.41) is 43.2. The van der Waals surface area contributed by atoms with Crippen LogP contribution in [0.1, 0.15) is 11.3 Å². The van der Waals surface area contributed by atoms with Gasteiger partial charge in [0.05, 0.1) is 25.2 Å². The highest BCUT2D eigenvalue weighted by Crippen LogP contribution is 2.45. The number of nitriles is 1. The van der Waals surface area contributed by atoms with Crippen LogP contribution in [0.4, 0.5) is 4.39 Å². The Morgan fingerprint density at radius 3 is 2.84 bits per heavy atom. The van der Waals surface area contributed by atoms with Gasteiger partial charge < -0.3 is 19.7 Å². The van der Waals surface area contributed by atoms with E-state index < -0.39 is 41.7 Å². The highest BCUT2D eigenvalue weighted by atomic mass is 79.9. The number of ether oxygens (including phenoxy) is 2. The van der Waals surface area contributed by atoms with Crippen molar-refractivity contribution >= 4 is 28.6 Å².